The summed E-state index contributed by atoms with van der Waals surface area (Å²) in [5.41, 5.74) is 1.24. The zero-order chi connectivity index (χ0) is 17.8. The first-order valence-corrected chi connectivity index (χ1v) is 8.83. The van der Waals surface area contributed by atoms with Gasteiger partial charge in [0.25, 0.3) is 0 Å². The Bertz CT molecular complexity index is 756. The predicted octanol–water partition coefficient (Wildman–Crippen LogP) is 2.48. The smallest absolute Gasteiger partial charge is 0.312 e. The normalized spacial score (nSPS) is 32.6. The molecule has 0 aromatic heterocycles. The second-order valence-corrected chi connectivity index (χ2v) is 7.69. The molecule has 132 valence electrons. The van der Waals surface area contributed by atoms with Crippen LogP contribution in [0.2, 0.25) is 0 Å². The second-order valence-electron chi connectivity index (χ2n) is 7.69. The highest BCUT2D eigenvalue weighted by Gasteiger charge is 2.67. The molecular formula is C20H23NO4. The number of carbonyl (C=O) groups is 2. The van der Waals surface area contributed by atoms with Gasteiger partial charge in [0.15, 0.2) is 0 Å². The lowest BCUT2D eigenvalue weighted by atomic mass is 9.77. The van der Waals surface area contributed by atoms with Gasteiger partial charge in [-0.2, -0.15) is 0 Å². The van der Waals surface area contributed by atoms with Gasteiger partial charge in [-0.05, 0) is 30.5 Å². The summed E-state index contributed by atoms with van der Waals surface area (Å²) in [6.45, 7) is 6.79. The number of hydrogen-bond acceptors (Lipinski definition) is 4. The maximum absolute atomic E-state index is 13.1. The molecule has 2 bridgehead atoms. The number of fused-ring (bicyclic) bond motifs is 1. The van der Waals surface area contributed by atoms with Crippen molar-refractivity contribution < 1.29 is 19.1 Å². The van der Waals surface area contributed by atoms with Gasteiger partial charge in [-0.25, -0.2) is 0 Å². The van der Waals surface area contributed by atoms with Crippen LogP contribution in [0.15, 0.2) is 36.4 Å². The minimum atomic E-state index is -0.701. The number of anilines is 1. The van der Waals surface area contributed by atoms with Crippen molar-refractivity contribution in [2.45, 2.75) is 32.5 Å². The van der Waals surface area contributed by atoms with Gasteiger partial charge in [-0.3, -0.25) is 9.59 Å². The highest BCUT2D eigenvalue weighted by molar-refractivity contribution is 6.02. The van der Waals surface area contributed by atoms with E-state index in [0.29, 0.717) is 13.2 Å². The summed E-state index contributed by atoms with van der Waals surface area (Å²) in [4.78, 5) is 27.5. The largest absolute Gasteiger partial charge is 0.465 e. The molecular weight excluding hydrogens is 318 g/mol. The number of ether oxygens (including phenoxy) is 2. The molecule has 2 saturated heterocycles. The van der Waals surface area contributed by atoms with Gasteiger partial charge in [0.05, 0.1) is 25.2 Å². The van der Waals surface area contributed by atoms with Gasteiger partial charge < -0.3 is 14.4 Å². The van der Waals surface area contributed by atoms with Crippen LogP contribution in [0, 0.1) is 24.7 Å². The van der Waals surface area contributed by atoms with E-state index in [-0.39, 0.29) is 23.9 Å². The van der Waals surface area contributed by atoms with Crippen LogP contribution in [0.5, 0.6) is 0 Å². The Morgan fingerprint density at radius 1 is 1.44 bits per heavy atom. The fraction of sp³-hybridized carbons (Fsp3) is 0.500. The SMILES string of the molecule is Cc1cccc(N2C[C@]34C=C[C@@H](O3)[C@H](C(=O)OCC(C)C)[C@@H]4C2=O)c1. The van der Waals surface area contributed by atoms with Gasteiger partial charge in [0, 0.05) is 5.69 Å². The molecule has 3 heterocycles. The number of carbonyl (C=O) groups excluding carboxylic acids is 2. The zero-order valence-electron chi connectivity index (χ0n) is 14.8. The monoisotopic (exact) mass is 341 g/mol. The molecule has 5 heteroatoms. The fourth-order valence-electron chi connectivity index (χ4n) is 4.13. The average molecular weight is 341 g/mol. The van der Waals surface area contributed by atoms with Gasteiger partial charge in [-0.1, -0.05) is 38.1 Å². The van der Waals surface area contributed by atoms with Crippen molar-refractivity contribution >= 4 is 17.6 Å². The van der Waals surface area contributed by atoms with Gasteiger partial charge in [-0.15, -0.1) is 0 Å². The van der Waals surface area contributed by atoms with Crippen molar-refractivity contribution in [3.63, 3.8) is 0 Å². The van der Waals surface area contributed by atoms with Gasteiger partial charge >= 0.3 is 5.97 Å². The molecule has 0 saturated carbocycles. The molecule has 0 unspecified atom stereocenters. The van der Waals surface area contributed by atoms with Crippen LogP contribution >= 0.6 is 0 Å². The van der Waals surface area contributed by atoms with Crippen molar-refractivity contribution in [1.82, 2.24) is 0 Å². The molecule has 1 amide bonds. The minimum absolute atomic E-state index is 0.0519. The highest BCUT2D eigenvalue weighted by atomic mass is 16.6. The quantitative estimate of drug-likeness (QED) is 0.624. The van der Waals surface area contributed by atoms with E-state index in [0.717, 1.165) is 11.3 Å². The summed E-state index contributed by atoms with van der Waals surface area (Å²) in [6, 6.07) is 7.84. The Balaban J connectivity index is 1.62. The highest BCUT2D eigenvalue weighted by Crippen LogP contribution is 2.52. The van der Waals surface area contributed by atoms with E-state index in [1.165, 1.54) is 0 Å². The lowest BCUT2D eigenvalue weighted by Gasteiger charge is -2.23. The van der Waals surface area contributed by atoms with Crippen molar-refractivity contribution in [2.24, 2.45) is 17.8 Å². The Labute approximate surface area is 147 Å². The fourth-order valence-corrected chi connectivity index (χ4v) is 4.13. The number of rotatable bonds is 4. The van der Waals surface area contributed by atoms with Gasteiger partial charge in [0.1, 0.15) is 11.5 Å². The summed E-state index contributed by atoms with van der Waals surface area (Å²) in [5.74, 6) is -1.16. The van der Waals surface area contributed by atoms with Crippen molar-refractivity contribution in [2.75, 3.05) is 18.1 Å². The van der Waals surface area contributed by atoms with Crippen LogP contribution in [-0.2, 0) is 19.1 Å². The molecule has 1 aromatic rings. The van der Waals surface area contributed by atoms with Gasteiger partial charge in [0.2, 0.25) is 5.91 Å². The third kappa shape index (κ3) is 2.49. The van der Waals surface area contributed by atoms with E-state index >= 15 is 0 Å². The first kappa shape index (κ1) is 16.3. The van der Waals surface area contributed by atoms with Crippen LogP contribution in [0.3, 0.4) is 0 Å². The Hall–Kier alpha value is -2.14. The minimum Gasteiger partial charge on any atom is -0.465 e. The molecule has 5 nitrogen and oxygen atoms in total. The molecule has 1 aromatic carbocycles. The van der Waals surface area contributed by atoms with Crippen molar-refractivity contribution in [1.29, 1.82) is 0 Å². The Morgan fingerprint density at radius 3 is 2.96 bits per heavy atom. The van der Waals surface area contributed by atoms with E-state index in [1.54, 1.807) is 4.90 Å². The van der Waals surface area contributed by atoms with Crippen molar-refractivity contribution in [3.8, 4) is 0 Å². The first-order valence-electron chi connectivity index (χ1n) is 8.83. The van der Waals surface area contributed by atoms with Crippen LogP contribution in [0.25, 0.3) is 0 Å². The van der Waals surface area contributed by atoms with E-state index < -0.39 is 17.4 Å². The zero-order valence-corrected chi connectivity index (χ0v) is 14.8. The Kier molecular flexibility index (Phi) is 3.72. The van der Waals surface area contributed by atoms with E-state index in [2.05, 4.69) is 0 Å². The summed E-state index contributed by atoms with van der Waals surface area (Å²) in [5, 5.41) is 0. The number of hydrogen-bond donors (Lipinski definition) is 0. The van der Waals surface area contributed by atoms with Crippen LogP contribution in [0.4, 0.5) is 5.69 Å². The number of amides is 1. The molecule has 0 radical (unpaired) electrons. The number of nitrogens with zero attached hydrogens (tertiary/aromatic N) is 1. The molecule has 3 aliphatic heterocycles. The molecule has 3 aliphatic rings. The number of benzene rings is 1. The molecule has 1 spiro atoms. The molecule has 25 heavy (non-hydrogen) atoms. The second kappa shape index (κ2) is 5.70. The summed E-state index contributed by atoms with van der Waals surface area (Å²) in [6.07, 6.45) is 3.51. The van der Waals surface area contributed by atoms with E-state index in [9.17, 15) is 9.59 Å². The average Bonchev–Trinajstić information content (AvgIpc) is 3.21. The lowest BCUT2D eigenvalue weighted by Crippen LogP contribution is -2.40. The maximum atomic E-state index is 13.1. The third-order valence-electron chi connectivity index (χ3n) is 5.24. The summed E-state index contributed by atoms with van der Waals surface area (Å²) in [7, 11) is 0. The predicted molar refractivity (Wildman–Crippen MR) is 93.1 cm³/mol. The van der Waals surface area contributed by atoms with E-state index in [4.69, 9.17) is 9.47 Å². The molecule has 4 atom stereocenters. The standard InChI is InChI=1S/C20H23NO4/c1-12(2)10-24-19(23)16-15-7-8-20(25-15)11-21(18(22)17(16)20)14-6-4-5-13(3)9-14/h4-9,12,15-17H,10-11H2,1-3H3/t15-,16+,17-,20+/m1/s1. The lowest BCUT2D eigenvalue weighted by molar-refractivity contribution is -0.153. The van der Waals surface area contributed by atoms with Crippen LogP contribution in [0.1, 0.15) is 19.4 Å². The van der Waals surface area contributed by atoms with E-state index in [1.807, 2.05) is 57.2 Å². The third-order valence-corrected chi connectivity index (χ3v) is 5.24. The number of esters is 1. The van der Waals surface area contributed by atoms with Crippen molar-refractivity contribution in [3.05, 3.63) is 42.0 Å². The van der Waals surface area contributed by atoms with Crippen LogP contribution in [-0.4, -0.2) is 36.7 Å². The molecule has 4 rings (SSSR count). The number of aryl methyl sites for hydroxylation is 1. The summed E-state index contributed by atoms with van der Waals surface area (Å²) >= 11 is 0. The topological polar surface area (TPSA) is 55.8 Å². The summed E-state index contributed by atoms with van der Waals surface area (Å²) < 4.78 is 11.5. The first-order chi connectivity index (χ1) is 11.9. The molecule has 2 fully saturated rings. The Morgan fingerprint density at radius 2 is 2.24 bits per heavy atom. The van der Waals surface area contributed by atoms with Crippen LogP contribution < -0.4 is 4.90 Å². The maximum Gasteiger partial charge on any atom is 0.312 e. The molecule has 0 aliphatic carbocycles. The molecule has 0 N–H and O–H groups in total.